The van der Waals surface area contributed by atoms with E-state index in [1.807, 2.05) is 0 Å². The summed E-state index contributed by atoms with van der Waals surface area (Å²) in [6.07, 6.45) is 3.58. The van der Waals surface area contributed by atoms with Gasteiger partial charge in [0.2, 0.25) is 0 Å². The summed E-state index contributed by atoms with van der Waals surface area (Å²) in [5.41, 5.74) is 12.6. The van der Waals surface area contributed by atoms with Crippen LogP contribution in [0.15, 0.2) is 0 Å². The van der Waals surface area contributed by atoms with Crippen molar-refractivity contribution >= 4 is 0 Å². The van der Waals surface area contributed by atoms with Crippen LogP contribution < -0.4 is 11.5 Å². The van der Waals surface area contributed by atoms with Gasteiger partial charge in [-0.15, -0.1) is 0 Å². The van der Waals surface area contributed by atoms with Gasteiger partial charge in [0.1, 0.15) is 0 Å². The molecule has 2 nitrogen and oxygen atoms in total. The van der Waals surface area contributed by atoms with Crippen LogP contribution in [0.1, 0.15) is 33.1 Å². The van der Waals surface area contributed by atoms with Gasteiger partial charge in [-0.05, 0) is 30.6 Å². The van der Waals surface area contributed by atoms with Gasteiger partial charge in [-0.25, -0.2) is 0 Å². The van der Waals surface area contributed by atoms with E-state index in [-0.39, 0.29) is 17.0 Å². The van der Waals surface area contributed by atoms with Crippen molar-refractivity contribution in [2.24, 2.45) is 22.8 Å². The largest absolute Gasteiger partial charge is 0.326 e. The molecule has 3 atom stereocenters. The molecular weight excluding hydrogens is 136 g/mol. The number of hydrogen-bond donors (Lipinski definition) is 2. The highest BCUT2D eigenvalue weighted by atomic mass is 14.9. The summed E-state index contributed by atoms with van der Waals surface area (Å²) in [4.78, 5) is 0. The van der Waals surface area contributed by atoms with E-state index in [4.69, 9.17) is 11.5 Å². The first kappa shape index (κ1) is 7.56. The van der Waals surface area contributed by atoms with Crippen LogP contribution in [0.3, 0.4) is 0 Å². The molecular formula is C9H18N2. The second-order valence-corrected chi connectivity index (χ2v) is 4.97. The van der Waals surface area contributed by atoms with Crippen molar-refractivity contribution in [1.29, 1.82) is 0 Å². The zero-order chi connectivity index (χ0) is 8.28. The van der Waals surface area contributed by atoms with Gasteiger partial charge in [0.25, 0.3) is 0 Å². The smallest absolute Gasteiger partial charge is 0.0316 e. The monoisotopic (exact) mass is 154 g/mol. The molecule has 2 heteroatoms. The summed E-state index contributed by atoms with van der Waals surface area (Å²) in [5.74, 6) is 0.780. The third-order valence-electron chi connectivity index (χ3n) is 4.06. The Bertz CT molecular complexity index is 183. The van der Waals surface area contributed by atoms with E-state index in [2.05, 4.69) is 13.8 Å². The summed E-state index contributed by atoms with van der Waals surface area (Å²) >= 11 is 0. The van der Waals surface area contributed by atoms with Crippen LogP contribution in [0.25, 0.3) is 0 Å². The molecule has 0 aromatic heterocycles. The van der Waals surface area contributed by atoms with Crippen molar-refractivity contribution in [3.63, 3.8) is 0 Å². The van der Waals surface area contributed by atoms with Gasteiger partial charge in [-0.3, -0.25) is 0 Å². The first-order valence-electron chi connectivity index (χ1n) is 4.51. The maximum Gasteiger partial charge on any atom is 0.0316 e. The SMILES string of the molecule is CC1(C)[C@H]2CC[C@](N)(C2)[C@H]1N. The minimum absolute atomic E-state index is 0.0197. The topological polar surface area (TPSA) is 52.0 Å². The van der Waals surface area contributed by atoms with Gasteiger partial charge >= 0.3 is 0 Å². The summed E-state index contributed by atoms with van der Waals surface area (Å²) in [6.45, 7) is 4.52. The maximum atomic E-state index is 6.19. The predicted octanol–water partition coefficient (Wildman–Crippen LogP) is 0.851. The third kappa shape index (κ3) is 0.744. The highest BCUT2D eigenvalue weighted by Gasteiger charge is 2.58. The van der Waals surface area contributed by atoms with Crippen molar-refractivity contribution in [2.75, 3.05) is 0 Å². The van der Waals surface area contributed by atoms with Crippen molar-refractivity contribution in [3.8, 4) is 0 Å². The minimum Gasteiger partial charge on any atom is -0.326 e. The molecule has 0 amide bonds. The molecule has 0 unspecified atom stereocenters. The third-order valence-corrected chi connectivity index (χ3v) is 4.06. The second-order valence-electron chi connectivity index (χ2n) is 4.97. The van der Waals surface area contributed by atoms with Crippen LogP contribution in [0.5, 0.6) is 0 Å². The molecule has 0 saturated heterocycles. The van der Waals surface area contributed by atoms with Gasteiger partial charge < -0.3 is 11.5 Å². The fraction of sp³-hybridized carbons (Fsp3) is 1.00. The lowest BCUT2D eigenvalue weighted by Crippen LogP contribution is -2.57. The molecule has 0 aromatic rings. The van der Waals surface area contributed by atoms with E-state index < -0.39 is 0 Å². The summed E-state index contributed by atoms with van der Waals surface area (Å²) < 4.78 is 0. The summed E-state index contributed by atoms with van der Waals surface area (Å²) in [5, 5.41) is 0. The van der Waals surface area contributed by atoms with E-state index in [1.54, 1.807) is 0 Å². The lowest BCUT2D eigenvalue weighted by Gasteiger charge is -2.39. The van der Waals surface area contributed by atoms with E-state index in [1.165, 1.54) is 6.42 Å². The summed E-state index contributed by atoms with van der Waals surface area (Å²) in [7, 11) is 0. The Labute approximate surface area is 68.3 Å². The molecule has 2 rings (SSSR count). The highest BCUT2D eigenvalue weighted by Crippen LogP contribution is 2.55. The van der Waals surface area contributed by atoms with E-state index in [0.29, 0.717) is 0 Å². The van der Waals surface area contributed by atoms with Gasteiger partial charge in [0, 0.05) is 11.6 Å². The molecule has 11 heavy (non-hydrogen) atoms. The number of nitrogens with two attached hydrogens (primary N) is 2. The predicted molar refractivity (Wildman–Crippen MR) is 46.0 cm³/mol. The van der Waals surface area contributed by atoms with Crippen LogP contribution in [0, 0.1) is 11.3 Å². The molecule has 2 bridgehead atoms. The molecule has 0 aromatic carbocycles. The Hall–Kier alpha value is -0.0800. The molecule has 0 heterocycles. The van der Waals surface area contributed by atoms with Crippen LogP contribution in [0.4, 0.5) is 0 Å². The molecule has 2 fully saturated rings. The molecule has 2 aliphatic rings. The molecule has 0 spiro atoms. The maximum absolute atomic E-state index is 6.19. The second kappa shape index (κ2) is 1.80. The van der Waals surface area contributed by atoms with Crippen LogP contribution >= 0.6 is 0 Å². The zero-order valence-electron chi connectivity index (χ0n) is 7.43. The molecule has 0 aliphatic heterocycles. The number of hydrogen-bond acceptors (Lipinski definition) is 2. The van der Waals surface area contributed by atoms with E-state index in [0.717, 1.165) is 18.8 Å². The van der Waals surface area contributed by atoms with E-state index in [9.17, 15) is 0 Å². The van der Waals surface area contributed by atoms with Crippen LogP contribution in [-0.4, -0.2) is 11.6 Å². The zero-order valence-corrected chi connectivity index (χ0v) is 7.43. The van der Waals surface area contributed by atoms with Gasteiger partial charge in [-0.1, -0.05) is 13.8 Å². The fourth-order valence-electron chi connectivity index (χ4n) is 3.02. The molecule has 64 valence electrons. The molecule has 2 aliphatic carbocycles. The standard InChI is InChI=1S/C9H18N2/c1-8(2)6-3-4-9(11,5-6)7(8)10/h6-7H,3-5,10-11H2,1-2H3/t6-,7-,9-/m0/s1. The Kier molecular flexibility index (Phi) is 1.24. The van der Waals surface area contributed by atoms with Crippen LogP contribution in [-0.2, 0) is 0 Å². The van der Waals surface area contributed by atoms with Gasteiger partial charge in [-0.2, -0.15) is 0 Å². The summed E-state index contributed by atoms with van der Waals surface area (Å²) in [6, 6.07) is 0.216. The van der Waals surface area contributed by atoms with Gasteiger partial charge in [0.15, 0.2) is 0 Å². The molecule has 4 N–H and O–H groups in total. The normalized spacial score (nSPS) is 53.5. The van der Waals surface area contributed by atoms with Gasteiger partial charge in [0.05, 0.1) is 0 Å². The average Bonchev–Trinajstić information content (AvgIpc) is 2.36. The Morgan fingerprint density at radius 3 is 2.27 bits per heavy atom. The average molecular weight is 154 g/mol. The Morgan fingerprint density at radius 1 is 1.36 bits per heavy atom. The minimum atomic E-state index is -0.0197. The molecule has 2 saturated carbocycles. The Balaban J connectivity index is 2.34. The number of fused-ring (bicyclic) bond motifs is 2. The fourth-order valence-corrected chi connectivity index (χ4v) is 3.02. The van der Waals surface area contributed by atoms with Crippen LogP contribution in [0.2, 0.25) is 0 Å². The first-order valence-corrected chi connectivity index (χ1v) is 4.51. The lowest BCUT2D eigenvalue weighted by atomic mass is 9.71. The van der Waals surface area contributed by atoms with Crippen molar-refractivity contribution < 1.29 is 0 Å². The first-order chi connectivity index (χ1) is 4.97. The quantitative estimate of drug-likeness (QED) is 0.543. The lowest BCUT2D eigenvalue weighted by molar-refractivity contribution is 0.169. The van der Waals surface area contributed by atoms with Crippen molar-refractivity contribution in [3.05, 3.63) is 0 Å². The van der Waals surface area contributed by atoms with E-state index >= 15 is 0 Å². The molecule has 0 radical (unpaired) electrons. The van der Waals surface area contributed by atoms with Crippen molar-refractivity contribution in [1.82, 2.24) is 0 Å². The Morgan fingerprint density at radius 2 is 2.00 bits per heavy atom. The highest BCUT2D eigenvalue weighted by molar-refractivity contribution is 5.16. The number of rotatable bonds is 0. The van der Waals surface area contributed by atoms with Crippen molar-refractivity contribution in [2.45, 2.75) is 44.7 Å².